The standard InChI is InChI=1S/C21H32N2O/c1-4-21(24)17-22(14-12-18(2)3)16-20-11-8-13-23(20)15-19-9-6-5-7-10-19/h5-11,13,18,21,24H,4,12,14-17H2,1-3H3. The van der Waals surface area contributed by atoms with Crippen LogP contribution in [0.4, 0.5) is 0 Å². The summed E-state index contributed by atoms with van der Waals surface area (Å²) in [4.78, 5) is 2.39. The summed E-state index contributed by atoms with van der Waals surface area (Å²) in [6.07, 6.45) is 3.88. The SMILES string of the molecule is CCC(O)CN(CCC(C)C)Cc1cccn1Cc1ccccc1. The molecule has 0 aliphatic rings. The lowest BCUT2D eigenvalue weighted by molar-refractivity contribution is 0.101. The normalized spacial score (nSPS) is 12.9. The first kappa shape index (κ1) is 18.8. The Balaban J connectivity index is 2.04. The van der Waals surface area contributed by atoms with E-state index in [0.29, 0.717) is 5.92 Å². The first-order valence-corrected chi connectivity index (χ1v) is 9.16. The van der Waals surface area contributed by atoms with E-state index in [1.165, 1.54) is 11.3 Å². The van der Waals surface area contributed by atoms with Crippen molar-refractivity contribution in [3.63, 3.8) is 0 Å². The Hall–Kier alpha value is -1.58. The van der Waals surface area contributed by atoms with Crippen LogP contribution < -0.4 is 0 Å². The fourth-order valence-corrected chi connectivity index (χ4v) is 2.86. The van der Waals surface area contributed by atoms with Crippen LogP contribution in [0, 0.1) is 5.92 Å². The van der Waals surface area contributed by atoms with Gasteiger partial charge in [0.25, 0.3) is 0 Å². The average molecular weight is 329 g/mol. The highest BCUT2D eigenvalue weighted by atomic mass is 16.3. The van der Waals surface area contributed by atoms with Gasteiger partial charge in [0.2, 0.25) is 0 Å². The molecule has 0 bridgehead atoms. The molecule has 3 nitrogen and oxygen atoms in total. The molecule has 0 fully saturated rings. The van der Waals surface area contributed by atoms with Crippen LogP contribution in [-0.2, 0) is 13.1 Å². The molecule has 0 radical (unpaired) electrons. The largest absolute Gasteiger partial charge is 0.392 e. The molecule has 0 amide bonds. The molecule has 3 heteroatoms. The molecule has 0 saturated carbocycles. The molecular weight excluding hydrogens is 296 g/mol. The van der Waals surface area contributed by atoms with E-state index in [4.69, 9.17) is 0 Å². The van der Waals surface area contributed by atoms with Gasteiger partial charge in [0.05, 0.1) is 6.10 Å². The van der Waals surface area contributed by atoms with E-state index in [-0.39, 0.29) is 6.10 Å². The Labute approximate surface area is 146 Å². The van der Waals surface area contributed by atoms with Crippen molar-refractivity contribution in [3.8, 4) is 0 Å². The average Bonchev–Trinajstić information content (AvgIpc) is 3.00. The van der Waals surface area contributed by atoms with E-state index in [9.17, 15) is 5.11 Å². The lowest BCUT2D eigenvalue weighted by atomic mass is 10.1. The fraction of sp³-hybridized carbons (Fsp3) is 0.524. The van der Waals surface area contributed by atoms with Crippen molar-refractivity contribution in [2.45, 2.75) is 52.8 Å². The second-order valence-corrected chi connectivity index (χ2v) is 7.09. The zero-order valence-electron chi connectivity index (χ0n) is 15.4. The molecular formula is C21H32N2O. The van der Waals surface area contributed by atoms with Crippen LogP contribution in [0.25, 0.3) is 0 Å². The first-order valence-electron chi connectivity index (χ1n) is 9.16. The fourth-order valence-electron chi connectivity index (χ4n) is 2.86. The summed E-state index contributed by atoms with van der Waals surface area (Å²) in [5.74, 6) is 0.683. The Morgan fingerprint density at radius 1 is 1.08 bits per heavy atom. The summed E-state index contributed by atoms with van der Waals surface area (Å²) < 4.78 is 2.32. The summed E-state index contributed by atoms with van der Waals surface area (Å²) in [6.45, 7) is 10.1. The zero-order valence-corrected chi connectivity index (χ0v) is 15.4. The third kappa shape index (κ3) is 6.14. The van der Waals surface area contributed by atoms with Gasteiger partial charge in [-0.05, 0) is 43.0 Å². The van der Waals surface area contributed by atoms with Gasteiger partial charge in [0.15, 0.2) is 0 Å². The molecule has 2 rings (SSSR count). The molecule has 1 heterocycles. The molecule has 2 aromatic rings. The van der Waals surface area contributed by atoms with Gasteiger partial charge >= 0.3 is 0 Å². The van der Waals surface area contributed by atoms with Crippen molar-refractivity contribution in [2.24, 2.45) is 5.92 Å². The maximum Gasteiger partial charge on any atom is 0.0664 e. The quantitative estimate of drug-likeness (QED) is 0.709. The molecule has 0 aliphatic carbocycles. The van der Waals surface area contributed by atoms with Gasteiger partial charge < -0.3 is 9.67 Å². The second-order valence-electron chi connectivity index (χ2n) is 7.09. The van der Waals surface area contributed by atoms with Gasteiger partial charge in [-0.25, -0.2) is 0 Å². The van der Waals surface area contributed by atoms with Crippen molar-refractivity contribution in [1.29, 1.82) is 0 Å². The number of hydrogen-bond acceptors (Lipinski definition) is 2. The topological polar surface area (TPSA) is 28.4 Å². The van der Waals surface area contributed by atoms with E-state index in [1.807, 2.05) is 6.92 Å². The highest BCUT2D eigenvalue weighted by molar-refractivity contribution is 5.17. The summed E-state index contributed by atoms with van der Waals surface area (Å²) in [5.41, 5.74) is 2.63. The molecule has 0 aliphatic heterocycles. The van der Waals surface area contributed by atoms with Gasteiger partial charge in [0.1, 0.15) is 0 Å². The maximum absolute atomic E-state index is 10.1. The number of aromatic nitrogens is 1. The second kappa shape index (κ2) is 9.65. The van der Waals surface area contributed by atoms with Crippen molar-refractivity contribution < 1.29 is 5.11 Å². The highest BCUT2D eigenvalue weighted by Gasteiger charge is 2.13. The molecule has 1 unspecified atom stereocenters. The van der Waals surface area contributed by atoms with Gasteiger partial charge in [0, 0.05) is 31.5 Å². The number of aliphatic hydroxyl groups excluding tert-OH is 1. The zero-order chi connectivity index (χ0) is 17.4. The lowest BCUT2D eigenvalue weighted by Crippen LogP contribution is -2.33. The summed E-state index contributed by atoms with van der Waals surface area (Å²) in [5, 5.41) is 10.1. The van der Waals surface area contributed by atoms with Crippen molar-refractivity contribution >= 4 is 0 Å². The smallest absolute Gasteiger partial charge is 0.0664 e. The minimum Gasteiger partial charge on any atom is -0.392 e. The Morgan fingerprint density at radius 3 is 2.50 bits per heavy atom. The van der Waals surface area contributed by atoms with Gasteiger partial charge in [-0.3, -0.25) is 4.90 Å². The summed E-state index contributed by atoms with van der Waals surface area (Å²) in [6, 6.07) is 14.9. The van der Waals surface area contributed by atoms with Crippen LogP contribution in [-0.4, -0.2) is 33.8 Å². The minimum atomic E-state index is -0.241. The van der Waals surface area contributed by atoms with E-state index < -0.39 is 0 Å². The predicted molar refractivity (Wildman–Crippen MR) is 101 cm³/mol. The Morgan fingerprint density at radius 2 is 1.83 bits per heavy atom. The summed E-state index contributed by atoms with van der Waals surface area (Å²) >= 11 is 0. The van der Waals surface area contributed by atoms with E-state index in [2.05, 4.69) is 72.0 Å². The number of rotatable bonds is 10. The monoisotopic (exact) mass is 328 g/mol. The minimum absolute atomic E-state index is 0.241. The van der Waals surface area contributed by atoms with Crippen LogP contribution >= 0.6 is 0 Å². The van der Waals surface area contributed by atoms with Crippen LogP contribution in [0.15, 0.2) is 48.7 Å². The van der Waals surface area contributed by atoms with E-state index in [1.54, 1.807) is 0 Å². The molecule has 1 atom stereocenters. The molecule has 0 spiro atoms. The van der Waals surface area contributed by atoms with E-state index in [0.717, 1.165) is 39.0 Å². The lowest BCUT2D eigenvalue weighted by Gasteiger charge is -2.26. The van der Waals surface area contributed by atoms with Crippen molar-refractivity contribution in [1.82, 2.24) is 9.47 Å². The number of nitrogens with zero attached hydrogens (tertiary/aromatic N) is 2. The van der Waals surface area contributed by atoms with Crippen molar-refractivity contribution in [2.75, 3.05) is 13.1 Å². The third-order valence-electron chi connectivity index (χ3n) is 4.47. The predicted octanol–water partition coefficient (Wildman–Crippen LogP) is 4.16. The van der Waals surface area contributed by atoms with Crippen LogP contribution in [0.3, 0.4) is 0 Å². The summed E-state index contributed by atoms with van der Waals surface area (Å²) in [7, 11) is 0. The Kier molecular flexibility index (Phi) is 7.54. The number of aliphatic hydroxyl groups is 1. The van der Waals surface area contributed by atoms with Crippen LogP contribution in [0.1, 0.15) is 44.9 Å². The van der Waals surface area contributed by atoms with Gasteiger partial charge in [-0.15, -0.1) is 0 Å². The number of hydrogen-bond donors (Lipinski definition) is 1. The number of benzene rings is 1. The maximum atomic E-state index is 10.1. The van der Waals surface area contributed by atoms with Crippen LogP contribution in [0.5, 0.6) is 0 Å². The van der Waals surface area contributed by atoms with E-state index >= 15 is 0 Å². The molecule has 1 N–H and O–H groups in total. The third-order valence-corrected chi connectivity index (χ3v) is 4.47. The molecule has 1 aromatic heterocycles. The molecule has 0 saturated heterocycles. The highest BCUT2D eigenvalue weighted by Crippen LogP contribution is 2.13. The molecule has 132 valence electrons. The van der Waals surface area contributed by atoms with Crippen molar-refractivity contribution in [3.05, 3.63) is 59.9 Å². The molecule has 24 heavy (non-hydrogen) atoms. The Bertz CT molecular complexity index is 577. The van der Waals surface area contributed by atoms with Gasteiger partial charge in [-0.2, -0.15) is 0 Å². The van der Waals surface area contributed by atoms with Gasteiger partial charge in [-0.1, -0.05) is 51.1 Å². The molecule has 1 aromatic carbocycles. The first-order chi connectivity index (χ1) is 11.6. The van der Waals surface area contributed by atoms with Crippen LogP contribution in [0.2, 0.25) is 0 Å².